The van der Waals surface area contributed by atoms with Gasteiger partial charge in [-0.25, -0.2) is 4.39 Å². The van der Waals surface area contributed by atoms with Crippen LogP contribution in [0.25, 0.3) is 0 Å². The van der Waals surface area contributed by atoms with Gasteiger partial charge in [0.15, 0.2) is 0 Å². The predicted molar refractivity (Wildman–Crippen MR) is 73.3 cm³/mol. The number of rotatable bonds is 4. The molecule has 4 heteroatoms. The highest BCUT2D eigenvalue weighted by Crippen LogP contribution is 2.07. The van der Waals surface area contributed by atoms with Crippen LogP contribution in [0, 0.1) is 17.1 Å². The second-order valence-electron chi connectivity index (χ2n) is 4.34. The van der Waals surface area contributed by atoms with Gasteiger partial charge in [-0.05, 0) is 35.4 Å². The zero-order valence-electron chi connectivity index (χ0n) is 10.8. The number of nitrogens with one attached hydrogen (secondary N) is 1. The molecule has 2 rings (SSSR count). The Bertz CT molecular complexity index is 644. The van der Waals surface area contributed by atoms with E-state index in [1.807, 2.05) is 6.07 Å². The Morgan fingerprint density at radius 3 is 2.60 bits per heavy atom. The fraction of sp³-hybridized carbons (Fsp3) is 0.125. The summed E-state index contributed by atoms with van der Waals surface area (Å²) >= 11 is 0. The Kier molecular flexibility index (Phi) is 4.46. The third kappa shape index (κ3) is 3.66. The van der Waals surface area contributed by atoms with E-state index in [-0.39, 0.29) is 18.1 Å². The van der Waals surface area contributed by atoms with Crippen LogP contribution in [0.3, 0.4) is 0 Å². The van der Waals surface area contributed by atoms with Crippen LogP contribution < -0.4 is 5.32 Å². The molecular weight excluding hydrogens is 255 g/mol. The van der Waals surface area contributed by atoms with E-state index in [0.29, 0.717) is 12.1 Å². The average Bonchev–Trinajstić information content (AvgIpc) is 2.47. The number of hydrogen-bond donors (Lipinski definition) is 1. The van der Waals surface area contributed by atoms with Crippen molar-refractivity contribution in [1.82, 2.24) is 5.32 Å². The Morgan fingerprint density at radius 2 is 1.90 bits per heavy atom. The maximum Gasteiger partial charge on any atom is 0.251 e. The molecule has 0 atom stereocenters. The van der Waals surface area contributed by atoms with Gasteiger partial charge in [0.1, 0.15) is 5.82 Å². The summed E-state index contributed by atoms with van der Waals surface area (Å²) in [5.74, 6) is -0.515. The van der Waals surface area contributed by atoms with E-state index in [0.717, 1.165) is 11.1 Å². The summed E-state index contributed by atoms with van der Waals surface area (Å²) < 4.78 is 12.8. The molecule has 2 aromatic rings. The summed E-state index contributed by atoms with van der Waals surface area (Å²) in [4.78, 5) is 12.0. The van der Waals surface area contributed by atoms with Gasteiger partial charge < -0.3 is 5.32 Å². The van der Waals surface area contributed by atoms with E-state index in [1.165, 1.54) is 12.1 Å². The van der Waals surface area contributed by atoms with Gasteiger partial charge >= 0.3 is 0 Å². The lowest BCUT2D eigenvalue weighted by molar-refractivity contribution is 0.0951. The van der Waals surface area contributed by atoms with Crippen molar-refractivity contribution in [2.45, 2.75) is 13.0 Å². The topological polar surface area (TPSA) is 52.9 Å². The first-order valence-electron chi connectivity index (χ1n) is 6.17. The van der Waals surface area contributed by atoms with Crippen LogP contribution in [0.15, 0.2) is 48.5 Å². The Hall–Kier alpha value is -2.67. The molecule has 0 aromatic heterocycles. The first-order chi connectivity index (χ1) is 9.69. The van der Waals surface area contributed by atoms with Gasteiger partial charge in [-0.1, -0.05) is 24.3 Å². The van der Waals surface area contributed by atoms with Crippen molar-refractivity contribution in [3.63, 3.8) is 0 Å². The zero-order chi connectivity index (χ0) is 14.4. The number of carbonyl (C=O) groups is 1. The highest BCUT2D eigenvalue weighted by atomic mass is 19.1. The van der Waals surface area contributed by atoms with Crippen LogP contribution in [0.1, 0.15) is 21.5 Å². The maximum atomic E-state index is 12.8. The first kappa shape index (κ1) is 13.8. The second-order valence-corrected chi connectivity index (χ2v) is 4.34. The Morgan fingerprint density at radius 1 is 1.15 bits per heavy atom. The molecular formula is C16H13FN2O. The summed E-state index contributed by atoms with van der Waals surface area (Å²) in [5, 5.41) is 11.4. The van der Waals surface area contributed by atoms with Crippen molar-refractivity contribution in [1.29, 1.82) is 5.26 Å². The number of nitriles is 1. The molecule has 0 unspecified atom stereocenters. The van der Waals surface area contributed by atoms with Crippen LogP contribution in [-0.2, 0) is 13.0 Å². The van der Waals surface area contributed by atoms with E-state index in [9.17, 15) is 9.18 Å². The number of nitrogens with zero attached hydrogens (tertiary/aromatic N) is 1. The highest BCUT2D eigenvalue weighted by Gasteiger charge is 2.06. The quantitative estimate of drug-likeness (QED) is 0.927. The summed E-state index contributed by atoms with van der Waals surface area (Å²) in [6, 6.07) is 15.0. The predicted octanol–water partition coefficient (Wildman–Crippen LogP) is 2.82. The van der Waals surface area contributed by atoms with Crippen LogP contribution in [-0.4, -0.2) is 5.91 Å². The lowest BCUT2D eigenvalue weighted by Crippen LogP contribution is -2.22. The van der Waals surface area contributed by atoms with Crippen molar-refractivity contribution in [3.8, 4) is 6.07 Å². The zero-order valence-corrected chi connectivity index (χ0v) is 10.8. The van der Waals surface area contributed by atoms with E-state index >= 15 is 0 Å². The number of carbonyl (C=O) groups excluding carboxylic acids is 1. The van der Waals surface area contributed by atoms with Gasteiger partial charge in [0.05, 0.1) is 12.5 Å². The fourth-order valence-corrected chi connectivity index (χ4v) is 1.80. The van der Waals surface area contributed by atoms with Crippen molar-refractivity contribution >= 4 is 5.91 Å². The van der Waals surface area contributed by atoms with Crippen LogP contribution in [0.5, 0.6) is 0 Å². The van der Waals surface area contributed by atoms with Crippen molar-refractivity contribution in [2.24, 2.45) is 0 Å². The molecule has 1 amide bonds. The van der Waals surface area contributed by atoms with Gasteiger partial charge in [-0.3, -0.25) is 4.79 Å². The molecule has 100 valence electrons. The molecule has 0 fully saturated rings. The van der Waals surface area contributed by atoms with E-state index in [4.69, 9.17) is 5.26 Å². The van der Waals surface area contributed by atoms with Gasteiger partial charge in [-0.15, -0.1) is 0 Å². The molecule has 20 heavy (non-hydrogen) atoms. The van der Waals surface area contributed by atoms with Crippen molar-refractivity contribution in [2.75, 3.05) is 0 Å². The van der Waals surface area contributed by atoms with Crippen LogP contribution in [0.4, 0.5) is 4.39 Å². The van der Waals surface area contributed by atoms with Crippen molar-refractivity contribution < 1.29 is 9.18 Å². The summed E-state index contributed by atoms with van der Waals surface area (Å²) in [5.41, 5.74) is 2.15. The molecule has 0 bridgehead atoms. The number of amides is 1. The molecule has 0 saturated heterocycles. The Balaban J connectivity index is 1.99. The molecule has 2 aromatic carbocycles. The van der Waals surface area contributed by atoms with Gasteiger partial charge in [0, 0.05) is 12.1 Å². The number of halogens is 1. The average molecular weight is 268 g/mol. The lowest BCUT2D eigenvalue weighted by atomic mass is 10.1. The third-order valence-corrected chi connectivity index (χ3v) is 2.84. The smallest absolute Gasteiger partial charge is 0.251 e. The normalized spacial score (nSPS) is 9.80. The monoisotopic (exact) mass is 268 g/mol. The van der Waals surface area contributed by atoms with Gasteiger partial charge in [0.2, 0.25) is 0 Å². The minimum atomic E-state index is -0.302. The summed E-state index contributed by atoms with van der Waals surface area (Å²) in [6.45, 7) is 0.335. The number of benzene rings is 2. The SMILES string of the molecule is N#CCc1cccc(C(=O)NCc2ccc(F)cc2)c1. The van der Waals surface area contributed by atoms with Crippen molar-refractivity contribution in [3.05, 3.63) is 71.0 Å². The minimum absolute atomic E-state index is 0.214. The van der Waals surface area contributed by atoms with Crippen LogP contribution in [0.2, 0.25) is 0 Å². The van der Waals surface area contributed by atoms with Gasteiger partial charge in [-0.2, -0.15) is 5.26 Å². The molecule has 0 aliphatic heterocycles. The maximum absolute atomic E-state index is 12.8. The molecule has 0 heterocycles. The number of hydrogen-bond acceptors (Lipinski definition) is 2. The highest BCUT2D eigenvalue weighted by molar-refractivity contribution is 5.94. The molecule has 0 aliphatic carbocycles. The molecule has 1 N–H and O–H groups in total. The second kappa shape index (κ2) is 6.48. The molecule has 0 saturated carbocycles. The third-order valence-electron chi connectivity index (χ3n) is 2.84. The van der Waals surface area contributed by atoms with Crippen LogP contribution >= 0.6 is 0 Å². The molecule has 3 nitrogen and oxygen atoms in total. The molecule has 0 spiro atoms. The fourth-order valence-electron chi connectivity index (χ4n) is 1.80. The molecule has 0 aliphatic rings. The Labute approximate surface area is 116 Å². The van der Waals surface area contributed by atoms with E-state index in [2.05, 4.69) is 5.32 Å². The lowest BCUT2D eigenvalue weighted by Gasteiger charge is -2.06. The summed E-state index contributed by atoms with van der Waals surface area (Å²) in [6.07, 6.45) is 0.277. The standard InChI is InChI=1S/C16H13FN2O/c17-15-6-4-13(5-7-15)11-19-16(20)14-3-1-2-12(10-14)8-9-18/h1-7,10H,8,11H2,(H,19,20). The van der Waals surface area contributed by atoms with Gasteiger partial charge in [0.25, 0.3) is 5.91 Å². The van der Waals surface area contributed by atoms with E-state index < -0.39 is 0 Å². The largest absolute Gasteiger partial charge is 0.348 e. The summed E-state index contributed by atoms with van der Waals surface area (Å²) in [7, 11) is 0. The van der Waals surface area contributed by atoms with E-state index in [1.54, 1.807) is 36.4 Å². The molecule has 0 radical (unpaired) electrons. The first-order valence-corrected chi connectivity index (χ1v) is 6.17. The minimum Gasteiger partial charge on any atom is -0.348 e.